The minimum Gasteiger partial charge on any atom is -0.381 e. The SMILES string of the molecule is Cc1cc2c(nc1C(O)c1cccs1)CCCCC2. The molecule has 0 fully saturated rings. The molecule has 2 aromatic heterocycles. The van der Waals surface area contributed by atoms with Crippen molar-refractivity contribution in [2.24, 2.45) is 0 Å². The number of rotatable bonds is 2. The third-order valence-corrected chi connectivity index (χ3v) is 4.78. The van der Waals surface area contributed by atoms with Crippen LogP contribution in [0.5, 0.6) is 0 Å². The topological polar surface area (TPSA) is 33.1 Å². The van der Waals surface area contributed by atoms with Gasteiger partial charge in [-0.3, -0.25) is 4.98 Å². The van der Waals surface area contributed by atoms with Crippen molar-refractivity contribution in [2.45, 2.75) is 45.1 Å². The van der Waals surface area contributed by atoms with Crippen LogP contribution in [0.15, 0.2) is 23.6 Å². The Morgan fingerprint density at radius 3 is 2.89 bits per heavy atom. The average molecular weight is 273 g/mol. The van der Waals surface area contributed by atoms with Crippen molar-refractivity contribution in [1.82, 2.24) is 4.98 Å². The molecule has 0 radical (unpaired) electrons. The van der Waals surface area contributed by atoms with Crippen LogP contribution in [-0.4, -0.2) is 10.1 Å². The summed E-state index contributed by atoms with van der Waals surface area (Å²) in [6.07, 6.45) is 5.39. The molecule has 2 aromatic rings. The summed E-state index contributed by atoms with van der Waals surface area (Å²) in [4.78, 5) is 5.76. The van der Waals surface area contributed by atoms with E-state index in [0.29, 0.717) is 0 Å². The zero-order chi connectivity index (χ0) is 13.2. The van der Waals surface area contributed by atoms with Gasteiger partial charge in [0.25, 0.3) is 0 Å². The van der Waals surface area contributed by atoms with Crippen LogP contribution in [0.4, 0.5) is 0 Å². The monoisotopic (exact) mass is 273 g/mol. The summed E-state index contributed by atoms with van der Waals surface area (Å²) < 4.78 is 0. The lowest BCUT2D eigenvalue weighted by Crippen LogP contribution is -2.08. The highest BCUT2D eigenvalue weighted by atomic mass is 32.1. The van der Waals surface area contributed by atoms with E-state index in [1.54, 1.807) is 11.3 Å². The molecule has 0 aliphatic heterocycles. The standard InChI is InChI=1S/C16H19NOS/c1-11-10-12-6-3-2-4-7-13(12)17-15(11)16(18)14-8-5-9-19-14/h5,8-10,16,18H,2-4,6-7H2,1H3. The lowest BCUT2D eigenvalue weighted by Gasteiger charge is -2.15. The van der Waals surface area contributed by atoms with Crippen LogP contribution in [0.1, 0.15) is 52.8 Å². The van der Waals surface area contributed by atoms with Crippen molar-refractivity contribution in [1.29, 1.82) is 0 Å². The van der Waals surface area contributed by atoms with E-state index in [1.807, 2.05) is 17.5 Å². The minimum atomic E-state index is -0.575. The van der Waals surface area contributed by atoms with Crippen molar-refractivity contribution in [3.63, 3.8) is 0 Å². The van der Waals surface area contributed by atoms with Gasteiger partial charge in [0.05, 0.1) is 5.69 Å². The highest BCUT2D eigenvalue weighted by Crippen LogP contribution is 2.29. The molecule has 0 spiro atoms. The van der Waals surface area contributed by atoms with Gasteiger partial charge in [0.1, 0.15) is 6.10 Å². The summed E-state index contributed by atoms with van der Waals surface area (Å²) in [5.41, 5.74) is 4.54. The third kappa shape index (κ3) is 2.58. The van der Waals surface area contributed by atoms with Crippen LogP contribution in [0.25, 0.3) is 0 Å². The Hall–Kier alpha value is -1.19. The maximum Gasteiger partial charge on any atom is 0.130 e. The Morgan fingerprint density at radius 2 is 2.11 bits per heavy atom. The van der Waals surface area contributed by atoms with Gasteiger partial charge < -0.3 is 5.11 Å². The van der Waals surface area contributed by atoms with Crippen LogP contribution in [0.2, 0.25) is 0 Å². The molecule has 0 saturated heterocycles. The second kappa shape index (κ2) is 5.43. The maximum absolute atomic E-state index is 10.5. The summed E-state index contributed by atoms with van der Waals surface area (Å²) in [6.45, 7) is 2.06. The van der Waals surface area contributed by atoms with Gasteiger partial charge in [-0.05, 0) is 55.2 Å². The summed E-state index contributed by atoms with van der Waals surface area (Å²) in [5, 5.41) is 12.5. The second-order valence-electron chi connectivity index (χ2n) is 5.27. The van der Waals surface area contributed by atoms with Crippen LogP contribution in [0.3, 0.4) is 0 Å². The molecule has 0 saturated carbocycles. The smallest absolute Gasteiger partial charge is 0.130 e. The number of fused-ring (bicyclic) bond motifs is 1. The first-order valence-electron chi connectivity index (χ1n) is 6.96. The van der Waals surface area contributed by atoms with Crippen molar-refractivity contribution in [3.05, 3.63) is 51.0 Å². The fourth-order valence-corrected chi connectivity index (χ4v) is 3.51. The first kappa shape index (κ1) is 12.8. The highest BCUT2D eigenvalue weighted by Gasteiger charge is 2.19. The zero-order valence-electron chi connectivity index (χ0n) is 11.2. The first-order valence-corrected chi connectivity index (χ1v) is 7.84. The molecule has 0 aromatic carbocycles. The van der Waals surface area contributed by atoms with Gasteiger partial charge >= 0.3 is 0 Å². The number of aliphatic hydroxyl groups is 1. The van der Waals surface area contributed by atoms with Gasteiger partial charge in [0.2, 0.25) is 0 Å². The molecule has 0 bridgehead atoms. The Balaban J connectivity index is 2.00. The summed E-state index contributed by atoms with van der Waals surface area (Å²) in [5.74, 6) is 0. The van der Waals surface area contributed by atoms with Gasteiger partial charge in [-0.1, -0.05) is 18.6 Å². The molecular formula is C16H19NOS. The Morgan fingerprint density at radius 1 is 1.26 bits per heavy atom. The number of pyridine rings is 1. The zero-order valence-corrected chi connectivity index (χ0v) is 12.0. The summed E-state index contributed by atoms with van der Waals surface area (Å²) in [7, 11) is 0. The number of aromatic nitrogens is 1. The van der Waals surface area contributed by atoms with Gasteiger partial charge in [-0.15, -0.1) is 11.3 Å². The van der Waals surface area contributed by atoms with E-state index in [1.165, 1.54) is 30.5 Å². The van der Waals surface area contributed by atoms with E-state index in [0.717, 1.165) is 29.0 Å². The number of aliphatic hydroxyl groups excluding tert-OH is 1. The molecule has 1 atom stereocenters. The van der Waals surface area contributed by atoms with Gasteiger partial charge in [0.15, 0.2) is 0 Å². The van der Waals surface area contributed by atoms with E-state index < -0.39 is 6.10 Å². The van der Waals surface area contributed by atoms with Crippen LogP contribution < -0.4 is 0 Å². The fraction of sp³-hybridized carbons (Fsp3) is 0.438. The van der Waals surface area contributed by atoms with Crippen LogP contribution >= 0.6 is 11.3 Å². The molecule has 0 amide bonds. The third-order valence-electron chi connectivity index (χ3n) is 3.85. The molecule has 1 N–H and O–H groups in total. The summed E-state index contributed by atoms with van der Waals surface area (Å²) >= 11 is 1.59. The normalized spacial score (nSPS) is 16.7. The van der Waals surface area contributed by atoms with E-state index in [-0.39, 0.29) is 0 Å². The molecule has 2 nitrogen and oxygen atoms in total. The Bertz CT molecular complexity index is 562. The molecule has 19 heavy (non-hydrogen) atoms. The molecular weight excluding hydrogens is 254 g/mol. The number of hydrogen-bond acceptors (Lipinski definition) is 3. The molecule has 100 valence electrons. The van der Waals surface area contributed by atoms with Crippen molar-refractivity contribution < 1.29 is 5.11 Å². The van der Waals surface area contributed by atoms with Crippen molar-refractivity contribution in [3.8, 4) is 0 Å². The predicted octanol–water partition coefficient (Wildman–Crippen LogP) is 3.80. The largest absolute Gasteiger partial charge is 0.381 e. The van der Waals surface area contributed by atoms with Crippen LogP contribution in [-0.2, 0) is 12.8 Å². The Kier molecular flexibility index (Phi) is 3.67. The van der Waals surface area contributed by atoms with Gasteiger partial charge in [-0.25, -0.2) is 0 Å². The maximum atomic E-state index is 10.5. The average Bonchev–Trinajstić information content (AvgIpc) is 2.84. The van der Waals surface area contributed by atoms with Crippen molar-refractivity contribution >= 4 is 11.3 Å². The minimum absolute atomic E-state index is 0.575. The number of nitrogens with zero attached hydrogens (tertiary/aromatic N) is 1. The molecule has 2 heterocycles. The molecule has 3 rings (SSSR count). The lowest BCUT2D eigenvalue weighted by atomic mass is 10.0. The number of thiophene rings is 1. The van der Waals surface area contributed by atoms with Crippen LogP contribution in [0, 0.1) is 6.92 Å². The fourth-order valence-electron chi connectivity index (χ4n) is 2.80. The summed E-state index contributed by atoms with van der Waals surface area (Å²) in [6, 6.07) is 6.18. The van der Waals surface area contributed by atoms with E-state index in [2.05, 4.69) is 13.0 Å². The van der Waals surface area contributed by atoms with E-state index in [9.17, 15) is 5.11 Å². The molecule has 3 heteroatoms. The predicted molar refractivity (Wildman–Crippen MR) is 78.6 cm³/mol. The lowest BCUT2D eigenvalue weighted by molar-refractivity contribution is 0.218. The number of hydrogen-bond donors (Lipinski definition) is 1. The quantitative estimate of drug-likeness (QED) is 0.844. The molecule has 1 aliphatic rings. The van der Waals surface area contributed by atoms with Crippen molar-refractivity contribution in [2.75, 3.05) is 0 Å². The van der Waals surface area contributed by atoms with Gasteiger partial charge in [-0.2, -0.15) is 0 Å². The second-order valence-corrected chi connectivity index (χ2v) is 6.25. The number of aryl methyl sites for hydroxylation is 3. The molecule has 1 unspecified atom stereocenters. The van der Waals surface area contributed by atoms with Gasteiger partial charge in [0, 0.05) is 10.6 Å². The first-order chi connectivity index (χ1) is 9.25. The molecule has 1 aliphatic carbocycles. The van der Waals surface area contributed by atoms with E-state index in [4.69, 9.17) is 4.98 Å². The Labute approximate surface area is 118 Å². The highest BCUT2D eigenvalue weighted by molar-refractivity contribution is 7.10. The van der Waals surface area contributed by atoms with E-state index >= 15 is 0 Å².